The van der Waals surface area contributed by atoms with E-state index in [1.54, 1.807) is 0 Å². The lowest BCUT2D eigenvalue weighted by molar-refractivity contribution is 0.0315. The highest BCUT2D eigenvalue weighted by molar-refractivity contribution is 5.80. The van der Waals surface area contributed by atoms with Gasteiger partial charge in [-0.05, 0) is 32.6 Å². The minimum absolute atomic E-state index is 0.537. The van der Waals surface area contributed by atoms with Crippen molar-refractivity contribution in [1.82, 2.24) is 29.9 Å². The molecule has 2 fully saturated rings. The van der Waals surface area contributed by atoms with Crippen LogP contribution in [-0.4, -0.2) is 96.2 Å². The molecular formula is C20H37N7O2. The van der Waals surface area contributed by atoms with Crippen molar-refractivity contribution in [1.29, 1.82) is 0 Å². The van der Waals surface area contributed by atoms with E-state index in [4.69, 9.17) is 14.5 Å². The van der Waals surface area contributed by atoms with Crippen molar-refractivity contribution in [2.75, 3.05) is 65.7 Å². The number of guanidine groups is 1. The van der Waals surface area contributed by atoms with Crippen LogP contribution in [0.15, 0.2) is 4.99 Å². The number of rotatable bonds is 9. The summed E-state index contributed by atoms with van der Waals surface area (Å²) in [5, 5.41) is 11.9. The van der Waals surface area contributed by atoms with Gasteiger partial charge in [-0.1, -0.05) is 0 Å². The molecule has 0 saturated carbocycles. The summed E-state index contributed by atoms with van der Waals surface area (Å²) in [7, 11) is 1.99. The van der Waals surface area contributed by atoms with Crippen LogP contribution < -0.4 is 5.32 Å². The van der Waals surface area contributed by atoms with E-state index in [0.717, 1.165) is 89.7 Å². The summed E-state index contributed by atoms with van der Waals surface area (Å²) in [5.41, 5.74) is 0. The molecule has 2 aliphatic heterocycles. The highest BCUT2D eigenvalue weighted by Gasteiger charge is 2.27. The minimum atomic E-state index is 0.537. The van der Waals surface area contributed by atoms with E-state index < -0.39 is 0 Å². The Bertz CT molecular complexity index is 643. The van der Waals surface area contributed by atoms with Gasteiger partial charge in [-0.25, -0.2) is 4.99 Å². The highest BCUT2D eigenvalue weighted by atomic mass is 16.5. The molecule has 3 heterocycles. The molecule has 0 radical (unpaired) electrons. The van der Waals surface area contributed by atoms with E-state index in [9.17, 15) is 0 Å². The van der Waals surface area contributed by atoms with Gasteiger partial charge in [-0.15, -0.1) is 10.2 Å². The van der Waals surface area contributed by atoms with Crippen LogP contribution in [-0.2, 0) is 23.1 Å². The summed E-state index contributed by atoms with van der Waals surface area (Å²) < 4.78 is 12.9. The molecule has 1 atom stereocenters. The quantitative estimate of drug-likeness (QED) is 0.366. The summed E-state index contributed by atoms with van der Waals surface area (Å²) in [6, 6.07) is 0. The number of hydrogen-bond acceptors (Lipinski definition) is 6. The monoisotopic (exact) mass is 407 g/mol. The van der Waals surface area contributed by atoms with Gasteiger partial charge in [0.2, 0.25) is 0 Å². The lowest BCUT2D eigenvalue weighted by atomic mass is 10.1. The molecule has 2 saturated heterocycles. The third-order valence-electron chi connectivity index (χ3n) is 5.71. The van der Waals surface area contributed by atoms with E-state index in [1.807, 2.05) is 25.5 Å². The number of morpholine rings is 1. The molecule has 9 heteroatoms. The van der Waals surface area contributed by atoms with E-state index in [2.05, 4.69) is 25.3 Å². The molecule has 29 heavy (non-hydrogen) atoms. The molecule has 1 aromatic rings. The SMILES string of the molecule is CCOCCCNC(=NCc1nnc(C)n1C)N1CCC(CN2CCOCC2)C1. The van der Waals surface area contributed by atoms with E-state index >= 15 is 0 Å². The molecule has 3 rings (SSSR count). The number of ether oxygens (including phenoxy) is 2. The van der Waals surface area contributed by atoms with Crippen molar-refractivity contribution in [3.63, 3.8) is 0 Å². The Balaban J connectivity index is 1.56. The Morgan fingerprint density at radius 3 is 2.83 bits per heavy atom. The van der Waals surface area contributed by atoms with Crippen LogP contribution in [0.5, 0.6) is 0 Å². The van der Waals surface area contributed by atoms with Crippen LogP contribution in [0.25, 0.3) is 0 Å². The molecule has 0 bridgehead atoms. The number of likely N-dealkylation sites (tertiary alicyclic amines) is 1. The van der Waals surface area contributed by atoms with Crippen LogP contribution >= 0.6 is 0 Å². The third kappa shape index (κ3) is 6.65. The van der Waals surface area contributed by atoms with Crippen LogP contribution in [0, 0.1) is 12.8 Å². The number of nitrogens with zero attached hydrogens (tertiary/aromatic N) is 6. The van der Waals surface area contributed by atoms with E-state index in [-0.39, 0.29) is 0 Å². The third-order valence-corrected chi connectivity index (χ3v) is 5.71. The first-order valence-electron chi connectivity index (χ1n) is 10.9. The van der Waals surface area contributed by atoms with Gasteiger partial charge >= 0.3 is 0 Å². The van der Waals surface area contributed by atoms with Gasteiger partial charge in [-0.3, -0.25) is 4.90 Å². The number of aromatic nitrogens is 3. The normalized spacial score (nSPS) is 21.1. The summed E-state index contributed by atoms with van der Waals surface area (Å²) in [4.78, 5) is 9.81. The number of aliphatic imine (C=N–C) groups is 1. The van der Waals surface area contributed by atoms with Crippen LogP contribution in [0.4, 0.5) is 0 Å². The van der Waals surface area contributed by atoms with Crippen LogP contribution in [0.3, 0.4) is 0 Å². The first-order valence-corrected chi connectivity index (χ1v) is 10.9. The topological polar surface area (TPSA) is 80.0 Å². The maximum atomic E-state index is 5.48. The Morgan fingerprint density at radius 2 is 2.10 bits per heavy atom. The zero-order valence-electron chi connectivity index (χ0n) is 18.3. The van der Waals surface area contributed by atoms with Gasteiger partial charge in [0.1, 0.15) is 12.4 Å². The van der Waals surface area contributed by atoms with Crippen molar-refractivity contribution in [3.8, 4) is 0 Å². The molecule has 0 aromatic carbocycles. The Hall–Kier alpha value is -1.71. The molecule has 0 spiro atoms. The van der Waals surface area contributed by atoms with Crippen molar-refractivity contribution in [2.24, 2.45) is 18.0 Å². The molecular weight excluding hydrogens is 370 g/mol. The molecule has 9 nitrogen and oxygen atoms in total. The number of hydrogen-bond donors (Lipinski definition) is 1. The van der Waals surface area contributed by atoms with Gasteiger partial charge in [0.15, 0.2) is 11.8 Å². The van der Waals surface area contributed by atoms with E-state index in [1.165, 1.54) is 6.42 Å². The van der Waals surface area contributed by atoms with Crippen LogP contribution in [0.1, 0.15) is 31.4 Å². The largest absolute Gasteiger partial charge is 0.382 e. The zero-order chi connectivity index (χ0) is 20.5. The number of nitrogens with one attached hydrogen (secondary N) is 1. The predicted molar refractivity (Wildman–Crippen MR) is 113 cm³/mol. The Morgan fingerprint density at radius 1 is 1.28 bits per heavy atom. The molecule has 0 amide bonds. The van der Waals surface area contributed by atoms with Crippen molar-refractivity contribution in [3.05, 3.63) is 11.6 Å². The average molecular weight is 408 g/mol. The molecule has 2 aliphatic rings. The summed E-state index contributed by atoms with van der Waals surface area (Å²) in [5.74, 6) is 3.46. The Labute approximate surface area is 174 Å². The zero-order valence-corrected chi connectivity index (χ0v) is 18.3. The van der Waals surface area contributed by atoms with Gasteiger partial charge < -0.3 is 24.3 Å². The summed E-state index contributed by atoms with van der Waals surface area (Å²) in [6.45, 7) is 14.0. The molecule has 164 valence electrons. The summed E-state index contributed by atoms with van der Waals surface area (Å²) in [6.07, 6.45) is 2.18. The maximum absolute atomic E-state index is 5.48. The predicted octanol–water partition coefficient (Wildman–Crippen LogP) is 0.650. The first kappa shape index (κ1) is 22.0. The van der Waals surface area contributed by atoms with E-state index in [0.29, 0.717) is 12.5 Å². The fourth-order valence-corrected chi connectivity index (χ4v) is 3.84. The molecule has 1 unspecified atom stereocenters. The molecule has 1 N–H and O–H groups in total. The smallest absolute Gasteiger partial charge is 0.194 e. The van der Waals surface area contributed by atoms with Gasteiger partial charge in [0.25, 0.3) is 0 Å². The maximum Gasteiger partial charge on any atom is 0.194 e. The molecule has 1 aromatic heterocycles. The van der Waals surface area contributed by atoms with Crippen molar-refractivity contribution < 1.29 is 9.47 Å². The first-order chi connectivity index (χ1) is 14.2. The fraction of sp³-hybridized carbons (Fsp3) is 0.850. The second-order valence-electron chi connectivity index (χ2n) is 7.85. The van der Waals surface area contributed by atoms with Gasteiger partial charge in [0, 0.05) is 59.5 Å². The van der Waals surface area contributed by atoms with Crippen molar-refractivity contribution in [2.45, 2.75) is 33.2 Å². The second-order valence-corrected chi connectivity index (χ2v) is 7.85. The van der Waals surface area contributed by atoms with Gasteiger partial charge in [0.05, 0.1) is 13.2 Å². The highest BCUT2D eigenvalue weighted by Crippen LogP contribution is 2.18. The minimum Gasteiger partial charge on any atom is -0.382 e. The summed E-state index contributed by atoms with van der Waals surface area (Å²) >= 11 is 0. The van der Waals surface area contributed by atoms with Crippen LogP contribution in [0.2, 0.25) is 0 Å². The number of aryl methyl sites for hydroxylation is 1. The van der Waals surface area contributed by atoms with Crippen molar-refractivity contribution >= 4 is 5.96 Å². The molecule has 0 aliphatic carbocycles. The average Bonchev–Trinajstić information content (AvgIpc) is 3.32. The Kier molecular flexibility index (Phi) is 8.69. The lowest BCUT2D eigenvalue weighted by Gasteiger charge is -2.29. The second kappa shape index (κ2) is 11.5. The lowest BCUT2D eigenvalue weighted by Crippen LogP contribution is -2.42. The standard InChI is InChI=1S/C20H37N7O2/c1-4-28-11-5-7-21-20(22-14-19-24-23-17(2)25(19)3)27-8-6-18(16-27)15-26-9-12-29-13-10-26/h18H,4-16H2,1-3H3,(H,21,22). The fourth-order valence-electron chi connectivity index (χ4n) is 3.84. The van der Waals surface area contributed by atoms with Gasteiger partial charge in [-0.2, -0.15) is 0 Å².